The standard InChI is InChI=1S/C34H47ClN10O7/c1-17(2)26-32(51)45-24(9-6-14-38-45)31(50)43-22(7-4-12-36-43)27(46)39-18(3)29(48)44-23(8-5-13-37-44)30(49)42-25(28(47)41-26)16-34(52)20-11-10-19(35)15-21(20)40-33(34)42/h10-11,15,17-18,22-26,33,36-38,40,52H,4-9,12-14,16H2,1-3H3,(H,39,46)(H,41,47)/t18-,22+,23+,24-,25-,26+,33-,34+/m0/s1. The van der Waals surface area contributed by atoms with E-state index in [1.807, 2.05) is 0 Å². The number of benzene rings is 1. The summed E-state index contributed by atoms with van der Waals surface area (Å²) in [4.78, 5) is 87.0. The van der Waals surface area contributed by atoms with Gasteiger partial charge in [-0.1, -0.05) is 31.5 Å². The van der Waals surface area contributed by atoms with Crippen LogP contribution >= 0.6 is 11.6 Å². The van der Waals surface area contributed by atoms with Crippen LogP contribution in [0.5, 0.6) is 0 Å². The van der Waals surface area contributed by atoms with E-state index in [-0.39, 0.29) is 12.8 Å². The van der Waals surface area contributed by atoms with E-state index in [1.54, 1.807) is 32.0 Å². The molecule has 0 unspecified atom stereocenters. The number of hydrazine groups is 3. The van der Waals surface area contributed by atoms with Gasteiger partial charge < -0.3 is 26.0 Å². The first kappa shape index (κ1) is 36.3. The van der Waals surface area contributed by atoms with E-state index in [9.17, 15) is 33.9 Å². The number of aliphatic hydroxyl groups is 1. The molecular weight excluding hydrogens is 696 g/mol. The summed E-state index contributed by atoms with van der Waals surface area (Å²) in [7, 11) is 0. The Balaban J connectivity index is 1.31. The zero-order valence-electron chi connectivity index (χ0n) is 29.5. The lowest BCUT2D eigenvalue weighted by molar-refractivity contribution is -0.162. The van der Waals surface area contributed by atoms with Crippen molar-refractivity contribution in [2.75, 3.05) is 25.0 Å². The van der Waals surface area contributed by atoms with E-state index in [4.69, 9.17) is 11.6 Å². The molecule has 8 atom stereocenters. The zero-order chi connectivity index (χ0) is 37.1. The Morgan fingerprint density at radius 1 is 0.731 bits per heavy atom. The largest absolute Gasteiger partial charge is 0.381 e. The molecule has 52 heavy (non-hydrogen) atoms. The van der Waals surface area contributed by atoms with E-state index >= 15 is 0 Å². The second kappa shape index (κ2) is 14.1. The number of amides is 6. The van der Waals surface area contributed by atoms with Gasteiger partial charge in [0.1, 0.15) is 48.0 Å². The van der Waals surface area contributed by atoms with Crippen molar-refractivity contribution >= 4 is 52.7 Å². The topological polar surface area (TPSA) is 208 Å². The van der Waals surface area contributed by atoms with Crippen molar-refractivity contribution in [2.24, 2.45) is 5.92 Å². The molecule has 1 aromatic rings. The van der Waals surface area contributed by atoms with Gasteiger partial charge in [-0.2, -0.15) is 0 Å². The van der Waals surface area contributed by atoms with Crippen molar-refractivity contribution < 1.29 is 33.9 Å². The van der Waals surface area contributed by atoms with Crippen LogP contribution in [-0.4, -0.2) is 123 Å². The zero-order valence-corrected chi connectivity index (χ0v) is 30.2. The van der Waals surface area contributed by atoms with Crippen LogP contribution in [0.1, 0.15) is 71.3 Å². The minimum absolute atomic E-state index is 0.207. The summed E-state index contributed by atoms with van der Waals surface area (Å²) in [6, 6.07) is -1.62. The van der Waals surface area contributed by atoms with Gasteiger partial charge in [0.15, 0.2) is 0 Å². The number of fused-ring (bicyclic) bond motifs is 8. The normalized spacial score (nSPS) is 34.6. The van der Waals surface area contributed by atoms with Crippen LogP contribution in [0.4, 0.5) is 5.69 Å². The van der Waals surface area contributed by atoms with Gasteiger partial charge in [0, 0.05) is 42.3 Å². The third kappa shape index (κ3) is 6.15. The second-order valence-corrected chi connectivity index (χ2v) is 15.3. The molecule has 6 heterocycles. The highest BCUT2D eigenvalue weighted by molar-refractivity contribution is 6.31. The van der Waals surface area contributed by atoms with Gasteiger partial charge >= 0.3 is 0 Å². The average Bonchev–Trinajstić information content (AvgIpc) is 3.59. The molecule has 17 nitrogen and oxygen atoms in total. The first-order chi connectivity index (χ1) is 24.8. The molecule has 5 fully saturated rings. The van der Waals surface area contributed by atoms with E-state index in [2.05, 4.69) is 32.2 Å². The summed E-state index contributed by atoms with van der Waals surface area (Å²) in [6.45, 7) is 6.27. The molecule has 282 valence electrons. The van der Waals surface area contributed by atoms with Crippen molar-refractivity contribution in [3.05, 3.63) is 28.8 Å². The maximum absolute atomic E-state index is 14.8. The molecule has 18 heteroatoms. The fourth-order valence-corrected chi connectivity index (χ4v) is 8.63. The number of rotatable bonds is 1. The molecule has 6 aliphatic heterocycles. The highest BCUT2D eigenvalue weighted by atomic mass is 35.5. The molecule has 0 aromatic heterocycles. The van der Waals surface area contributed by atoms with Crippen LogP contribution in [0.25, 0.3) is 0 Å². The fraction of sp³-hybridized carbons (Fsp3) is 0.647. The second-order valence-electron chi connectivity index (χ2n) is 14.9. The molecule has 5 saturated heterocycles. The van der Waals surface area contributed by atoms with Gasteiger partial charge in [-0.25, -0.2) is 16.3 Å². The summed E-state index contributed by atoms with van der Waals surface area (Å²) in [5, 5.41) is 25.3. The van der Waals surface area contributed by atoms with E-state index < -0.39 is 89.4 Å². The Labute approximate surface area is 306 Å². The molecule has 6 aliphatic rings. The van der Waals surface area contributed by atoms with Gasteiger partial charge in [0.25, 0.3) is 17.7 Å². The molecular formula is C34H47ClN10O7. The number of carbonyl (C=O) groups excluding carboxylic acids is 6. The van der Waals surface area contributed by atoms with Gasteiger partial charge in [-0.05, 0) is 63.5 Å². The number of hydrogen-bond donors (Lipinski definition) is 7. The summed E-state index contributed by atoms with van der Waals surface area (Å²) in [5.41, 5.74) is 8.37. The van der Waals surface area contributed by atoms with Crippen molar-refractivity contribution in [2.45, 2.75) is 114 Å². The molecule has 0 spiro atoms. The van der Waals surface area contributed by atoms with Crippen LogP contribution in [-0.2, 0) is 34.4 Å². The Morgan fingerprint density at radius 3 is 1.92 bits per heavy atom. The number of nitrogens with zero attached hydrogens (tertiary/aromatic N) is 4. The Hall–Kier alpha value is -4.03. The summed E-state index contributed by atoms with van der Waals surface area (Å²) >= 11 is 6.28. The minimum atomic E-state index is -1.71. The molecule has 1 aromatic carbocycles. The van der Waals surface area contributed by atoms with Crippen LogP contribution in [0, 0.1) is 5.92 Å². The molecule has 0 aliphatic carbocycles. The number of halogens is 1. The van der Waals surface area contributed by atoms with Crippen molar-refractivity contribution in [1.82, 2.24) is 46.8 Å². The lowest BCUT2D eigenvalue weighted by Crippen LogP contribution is -2.69. The third-order valence-corrected chi connectivity index (χ3v) is 11.4. The molecule has 7 N–H and O–H groups in total. The van der Waals surface area contributed by atoms with Crippen LogP contribution in [0.15, 0.2) is 18.2 Å². The Kier molecular flexibility index (Phi) is 9.84. The molecule has 7 rings (SSSR count). The first-order valence-electron chi connectivity index (χ1n) is 18.2. The lowest BCUT2D eigenvalue weighted by Gasteiger charge is -2.44. The monoisotopic (exact) mass is 742 g/mol. The van der Waals surface area contributed by atoms with Crippen LogP contribution in [0.3, 0.4) is 0 Å². The quantitative estimate of drug-likeness (QED) is 0.186. The molecule has 0 bridgehead atoms. The summed E-state index contributed by atoms with van der Waals surface area (Å²) in [6.07, 6.45) is 1.28. The summed E-state index contributed by atoms with van der Waals surface area (Å²) < 4.78 is 0. The Morgan fingerprint density at radius 2 is 1.29 bits per heavy atom. The summed E-state index contributed by atoms with van der Waals surface area (Å²) in [5.74, 6) is -3.86. The lowest BCUT2D eigenvalue weighted by atomic mass is 9.91. The maximum Gasteiger partial charge on any atom is 0.261 e. The number of hydrogen-bond acceptors (Lipinski definition) is 11. The van der Waals surface area contributed by atoms with Crippen LogP contribution in [0.2, 0.25) is 5.02 Å². The highest BCUT2D eigenvalue weighted by Crippen LogP contribution is 2.50. The third-order valence-electron chi connectivity index (χ3n) is 11.2. The molecule has 0 radical (unpaired) electrons. The van der Waals surface area contributed by atoms with Gasteiger partial charge in [0.2, 0.25) is 17.7 Å². The Bertz CT molecular complexity index is 1660. The van der Waals surface area contributed by atoms with Crippen molar-refractivity contribution in [3.63, 3.8) is 0 Å². The predicted molar refractivity (Wildman–Crippen MR) is 186 cm³/mol. The minimum Gasteiger partial charge on any atom is -0.381 e. The van der Waals surface area contributed by atoms with Crippen molar-refractivity contribution in [1.29, 1.82) is 0 Å². The fourth-order valence-electron chi connectivity index (χ4n) is 8.46. The van der Waals surface area contributed by atoms with E-state index in [0.717, 1.165) is 0 Å². The maximum atomic E-state index is 14.8. The van der Waals surface area contributed by atoms with Crippen molar-refractivity contribution in [3.8, 4) is 0 Å². The first-order valence-corrected chi connectivity index (χ1v) is 18.6. The number of anilines is 1. The average molecular weight is 743 g/mol. The highest BCUT2D eigenvalue weighted by Gasteiger charge is 2.62. The predicted octanol–water partition coefficient (Wildman–Crippen LogP) is -0.974. The molecule has 6 amide bonds. The van der Waals surface area contributed by atoms with Gasteiger partial charge in [-0.3, -0.25) is 43.8 Å². The van der Waals surface area contributed by atoms with Crippen LogP contribution < -0.4 is 32.2 Å². The smallest absolute Gasteiger partial charge is 0.261 e. The van der Waals surface area contributed by atoms with Gasteiger partial charge in [0.05, 0.1) is 0 Å². The van der Waals surface area contributed by atoms with E-state index in [0.29, 0.717) is 68.0 Å². The SMILES string of the molecule is CC(C)[C@H]1NC(=O)[C@@H]2C[C@@]3(O)c4ccc(Cl)cc4N[C@H]3N2C(=O)[C@H]2CCCNN2C(=O)[C@H](C)NC(=O)[C@H]2CCCNN2C(=O)[C@@H]2CCCNN2C1=O. The number of carbonyl (C=O) groups is 6. The van der Waals surface area contributed by atoms with E-state index in [1.165, 1.54) is 26.9 Å². The van der Waals surface area contributed by atoms with Gasteiger partial charge in [-0.15, -0.1) is 0 Å². The molecule has 0 saturated carbocycles. The number of nitrogens with one attached hydrogen (secondary N) is 6.